The van der Waals surface area contributed by atoms with E-state index in [4.69, 9.17) is 0 Å². The molecule has 20 heavy (non-hydrogen) atoms. The number of anilines is 1. The summed E-state index contributed by atoms with van der Waals surface area (Å²) < 4.78 is 53.1. The first-order valence-corrected chi connectivity index (χ1v) is 5.60. The van der Waals surface area contributed by atoms with Gasteiger partial charge in [-0.15, -0.1) is 0 Å². The third-order valence-corrected chi connectivity index (χ3v) is 2.66. The van der Waals surface area contributed by atoms with Gasteiger partial charge in [0.1, 0.15) is 12.4 Å². The number of carbonyl (C=O) groups excluding carboxylic acids is 2. The quantitative estimate of drug-likeness (QED) is 0.484. The van der Waals surface area contributed by atoms with Crippen molar-refractivity contribution in [1.82, 2.24) is 0 Å². The summed E-state index contributed by atoms with van der Waals surface area (Å²) in [5.41, 5.74) is 0.0860. The molecular weight excluding hydrogens is 282 g/mol. The van der Waals surface area contributed by atoms with Crippen molar-refractivity contribution in [2.24, 2.45) is 0 Å². The topological polar surface area (TPSA) is 46.6 Å². The molecule has 0 saturated carbocycles. The Morgan fingerprint density at radius 2 is 1.90 bits per heavy atom. The number of rotatable bonds is 4. The maximum absolute atomic E-state index is 13.1. The Hall–Kier alpha value is -1.96. The number of ether oxygens (including phenoxy) is 1. The summed E-state index contributed by atoms with van der Waals surface area (Å²) >= 11 is 0. The standard InChI is InChI=1S/C12H9F4NO3/c13-7-1-2-8-9(5-7)17(11(19)10(8)18)3-4-20-6-12(14,15)16/h1-2,5H,3-4,6H2. The number of fused-ring (bicyclic) bond motifs is 1. The lowest BCUT2D eigenvalue weighted by molar-refractivity contribution is -0.173. The lowest BCUT2D eigenvalue weighted by Crippen LogP contribution is -2.33. The summed E-state index contributed by atoms with van der Waals surface area (Å²) in [4.78, 5) is 24.1. The molecule has 4 nitrogen and oxygen atoms in total. The zero-order chi connectivity index (χ0) is 14.9. The lowest BCUT2D eigenvalue weighted by Gasteiger charge is -2.16. The number of halogens is 4. The average molecular weight is 291 g/mol. The Balaban J connectivity index is 2.04. The van der Waals surface area contributed by atoms with E-state index in [1.165, 1.54) is 6.07 Å². The van der Waals surface area contributed by atoms with Gasteiger partial charge in [-0.25, -0.2) is 4.39 Å². The van der Waals surface area contributed by atoms with E-state index in [-0.39, 0.29) is 17.8 Å². The van der Waals surface area contributed by atoms with Crippen LogP contribution in [-0.2, 0) is 9.53 Å². The van der Waals surface area contributed by atoms with Crippen molar-refractivity contribution >= 4 is 17.4 Å². The van der Waals surface area contributed by atoms with Gasteiger partial charge < -0.3 is 9.64 Å². The fourth-order valence-corrected chi connectivity index (χ4v) is 1.83. The maximum atomic E-state index is 13.1. The minimum absolute atomic E-state index is 0.0345. The highest BCUT2D eigenvalue weighted by molar-refractivity contribution is 6.52. The van der Waals surface area contributed by atoms with E-state index in [1.807, 2.05) is 0 Å². The first-order valence-electron chi connectivity index (χ1n) is 5.60. The maximum Gasteiger partial charge on any atom is 0.411 e. The average Bonchev–Trinajstić information content (AvgIpc) is 2.57. The van der Waals surface area contributed by atoms with E-state index in [0.29, 0.717) is 0 Å². The van der Waals surface area contributed by atoms with E-state index in [2.05, 4.69) is 4.74 Å². The van der Waals surface area contributed by atoms with Crippen molar-refractivity contribution in [1.29, 1.82) is 0 Å². The van der Waals surface area contributed by atoms with E-state index < -0.39 is 36.9 Å². The molecule has 0 bridgehead atoms. The van der Waals surface area contributed by atoms with Crippen LogP contribution in [0, 0.1) is 5.82 Å². The predicted octanol–water partition coefficient (Wildman–Crippen LogP) is 1.93. The van der Waals surface area contributed by atoms with Gasteiger partial charge >= 0.3 is 6.18 Å². The number of nitrogens with zero attached hydrogens (tertiary/aromatic N) is 1. The molecule has 0 atom stereocenters. The molecule has 0 N–H and O–H groups in total. The van der Waals surface area contributed by atoms with Crippen LogP contribution in [0.15, 0.2) is 18.2 Å². The number of Topliss-reactive ketones (excluding diaryl/α,β-unsaturated/α-hetero) is 1. The second-order valence-electron chi connectivity index (χ2n) is 4.12. The van der Waals surface area contributed by atoms with Crippen LogP contribution in [0.1, 0.15) is 10.4 Å². The van der Waals surface area contributed by atoms with Crippen LogP contribution in [0.4, 0.5) is 23.2 Å². The van der Waals surface area contributed by atoms with Gasteiger partial charge in [-0.05, 0) is 18.2 Å². The third kappa shape index (κ3) is 2.96. The number of ketones is 1. The van der Waals surface area contributed by atoms with Crippen LogP contribution in [0.2, 0.25) is 0 Å². The van der Waals surface area contributed by atoms with Gasteiger partial charge in [0, 0.05) is 6.54 Å². The molecule has 1 aliphatic rings. The van der Waals surface area contributed by atoms with Gasteiger partial charge in [-0.3, -0.25) is 9.59 Å². The largest absolute Gasteiger partial charge is 0.411 e. The number of hydrogen-bond donors (Lipinski definition) is 0. The van der Waals surface area contributed by atoms with E-state index in [1.54, 1.807) is 0 Å². The highest BCUT2D eigenvalue weighted by Gasteiger charge is 2.36. The smallest absolute Gasteiger partial charge is 0.370 e. The first-order chi connectivity index (χ1) is 9.29. The molecule has 0 aliphatic carbocycles. The normalized spacial score (nSPS) is 14.9. The first kappa shape index (κ1) is 14.4. The highest BCUT2D eigenvalue weighted by atomic mass is 19.4. The number of amides is 1. The number of benzene rings is 1. The van der Waals surface area contributed by atoms with Crippen molar-refractivity contribution < 1.29 is 31.9 Å². The monoisotopic (exact) mass is 291 g/mol. The second kappa shape index (κ2) is 5.20. The molecule has 0 unspecified atom stereocenters. The predicted molar refractivity (Wildman–Crippen MR) is 60.0 cm³/mol. The number of alkyl halides is 3. The fraction of sp³-hybridized carbons (Fsp3) is 0.333. The summed E-state index contributed by atoms with van der Waals surface area (Å²) in [6.45, 7) is -2.11. The molecule has 1 amide bonds. The summed E-state index contributed by atoms with van der Waals surface area (Å²) in [5, 5.41) is 0. The molecule has 0 radical (unpaired) electrons. The molecule has 8 heteroatoms. The van der Waals surface area contributed by atoms with Crippen LogP contribution in [0.5, 0.6) is 0 Å². The van der Waals surface area contributed by atoms with Crippen molar-refractivity contribution in [3.63, 3.8) is 0 Å². The molecule has 0 spiro atoms. The summed E-state index contributed by atoms with van der Waals surface area (Å²) in [7, 11) is 0. The minimum Gasteiger partial charge on any atom is -0.370 e. The van der Waals surface area contributed by atoms with Crippen molar-refractivity contribution in [2.75, 3.05) is 24.7 Å². The van der Waals surface area contributed by atoms with Crippen LogP contribution >= 0.6 is 0 Å². The Morgan fingerprint density at radius 1 is 1.20 bits per heavy atom. The molecule has 0 aromatic heterocycles. The van der Waals surface area contributed by atoms with E-state index >= 15 is 0 Å². The van der Waals surface area contributed by atoms with Gasteiger partial charge in [0.15, 0.2) is 0 Å². The zero-order valence-electron chi connectivity index (χ0n) is 10.0. The summed E-state index contributed by atoms with van der Waals surface area (Å²) in [6.07, 6.45) is -4.46. The highest BCUT2D eigenvalue weighted by Crippen LogP contribution is 2.29. The van der Waals surface area contributed by atoms with Gasteiger partial charge in [0.2, 0.25) is 0 Å². The minimum atomic E-state index is -4.46. The number of carbonyl (C=O) groups is 2. The molecule has 0 fully saturated rings. The molecule has 1 aromatic rings. The van der Waals surface area contributed by atoms with Crippen LogP contribution in [0.3, 0.4) is 0 Å². The second-order valence-corrected chi connectivity index (χ2v) is 4.12. The molecule has 1 aliphatic heterocycles. The number of hydrogen-bond acceptors (Lipinski definition) is 3. The summed E-state index contributed by atoms with van der Waals surface area (Å²) in [6, 6.07) is 3.19. The Bertz CT molecular complexity index is 556. The molecule has 1 heterocycles. The Labute approximate surface area is 110 Å². The molecule has 0 saturated heterocycles. The van der Waals surface area contributed by atoms with Crippen LogP contribution < -0.4 is 4.90 Å². The van der Waals surface area contributed by atoms with E-state index in [0.717, 1.165) is 17.0 Å². The van der Waals surface area contributed by atoms with Gasteiger partial charge in [-0.2, -0.15) is 13.2 Å². The van der Waals surface area contributed by atoms with Gasteiger partial charge in [-0.1, -0.05) is 0 Å². The lowest BCUT2D eigenvalue weighted by atomic mass is 10.1. The van der Waals surface area contributed by atoms with Crippen molar-refractivity contribution in [2.45, 2.75) is 6.18 Å². The third-order valence-electron chi connectivity index (χ3n) is 2.66. The summed E-state index contributed by atoms with van der Waals surface area (Å²) in [5.74, 6) is -2.36. The SMILES string of the molecule is O=C1C(=O)N(CCOCC(F)(F)F)c2cc(F)ccc21. The van der Waals surface area contributed by atoms with Crippen molar-refractivity contribution in [3.05, 3.63) is 29.6 Å². The van der Waals surface area contributed by atoms with E-state index in [9.17, 15) is 27.2 Å². The van der Waals surface area contributed by atoms with Crippen molar-refractivity contribution in [3.8, 4) is 0 Å². The molecular formula is C12H9F4NO3. The Kier molecular flexibility index (Phi) is 3.76. The van der Waals surface area contributed by atoms with Crippen LogP contribution in [0.25, 0.3) is 0 Å². The van der Waals surface area contributed by atoms with Gasteiger partial charge in [0.05, 0.1) is 17.9 Å². The molecule has 1 aromatic carbocycles. The fourth-order valence-electron chi connectivity index (χ4n) is 1.83. The molecule has 2 rings (SSSR count). The molecule has 108 valence electrons. The zero-order valence-corrected chi connectivity index (χ0v) is 10.0. The Morgan fingerprint density at radius 3 is 2.55 bits per heavy atom. The van der Waals surface area contributed by atoms with Crippen LogP contribution in [-0.4, -0.2) is 37.6 Å². The van der Waals surface area contributed by atoms with Gasteiger partial charge in [0.25, 0.3) is 11.7 Å².